The van der Waals surface area contributed by atoms with E-state index in [4.69, 9.17) is 11.5 Å². The van der Waals surface area contributed by atoms with Crippen LogP contribution in [0.25, 0.3) is 55.8 Å². The average molecular weight is 715 g/mol. The second-order valence-corrected chi connectivity index (χ2v) is 14.9. The zero-order valence-corrected chi connectivity index (χ0v) is 32.2. The minimum absolute atomic E-state index is 0.0133. The van der Waals surface area contributed by atoms with Crippen molar-refractivity contribution in [2.24, 2.45) is 5.73 Å². The van der Waals surface area contributed by atoms with E-state index in [2.05, 4.69) is 167 Å². The lowest BCUT2D eigenvalue weighted by Crippen LogP contribution is -2.14. The lowest BCUT2D eigenvalue weighted by atomic mass is 9.81. The van der Waals surface area contributed by atoms with E-state index in [0.717, 1.165) is 52.8 Å². The molecule has 0 amide bonds. The highest BCUT2D eigenvalue weighted by Gasteiger charge is 2.35. The highest BCUT2D eigenvalue weighted by Crippen LogP contribution is 2.49. The molecule has 7 aromatic rings. The van der Waals surface area contributed by atoms with Gasteiger partial charge < -0.3 is 11.5 Å². The van der Waals surface area contributed by atoms with Gasteiger partial charge in [0.15, 0.2) is 0 Å². The zero-order valence-electron chi connectivity index (χ0n) is 32.2. The highest BCUT2D eigenvalue weighted by atomic mass is 14.6. The van der Waals surface area contributed by atoms with Crippen LogP contribution in [0.4, 0.5) is 5.69 Å². The first-order valence-electron chi connectivity index (χ1n) is 19.3. The van der Waals surface area contributed by atoms with Gasteiger partial charge in [-0.15, -0.1) is 0 Å². The molecule has 0 unspecified atom stereocenters. The van der Waals surface area contributed by atoms with Crippen LogP contribution in [0.3, 0.4) is 0 Å². The molecule has 4 N–H and O–H groups in total. The van der Waals surface area contributed by atoms with Crippen LogP contribution in [0, 0.1) is 0 Å². The van der Waals surface area contributed by atoms with Gasteiger partial charge in [0.05, 0.1) is 0 Å². The number of rotatable bonds is 9. The number of hydrogen-bond acceptors (Lipinski definition) is 2. The molecule has 0 aliphatic heterocycles. The normalized spacial score (nSPS) is 12.6. The molecule has 0 saturated carbocycles. The Hall–Kier alpha value is -6.38. The topological polar surface area (TPSA) is 52.0 Å². The summed E-state index contributed by atoms with van der Waals surface area (Å²) in [6, 6.07) is 60.3. The van der Waals surface area contributed by atoms with Crippen LogP contribution in [0.1, 0.15) is 61.4 Å². The van der Waals surface area contributed by atoms with Crippen molar-refractivity contribution < 1.29 is 0 Å². The Morgan fingerprint density at radius 3 is 1.73 bits per heavy atom. The molecule has 0 heterocycles. The number of fused-ring (bicyclic) bond motifs is 3. The quantitative estimate of drug-likeness (QED) is 0.146. The van der Waals surface area contributed by atoms with E-state index in [9.17, 15) is 0 Å². The van der Waals surface area contributed by atoms with E-state index >= 15 is 0 Å². The molecule has 0 atom stereocenters. The summed E-state index contributed by atoms with van der Waals surface area (Å²) < 4.78 is 0. The number of benzene rings is 7. The smallest absolute Gasteiger partial charge is 0.0473 e. The predicted octanol–water partition coefficient (Wildman–Crippen LogP) is 13.6. The molecule has 55 heavy (non-hydrogen) atoms. The van der Waals surface area contributed by atoms with Crippen molar-refractivity contribution >= 4 is 17.0 Å². The van der Waals surface area contributed by atoms with Gasteiger partial charge in [-0.1, -0.05) is 204 Å². The van der Waals surface area contributed by atoms with Gasteiger partial charge in [-0.05, 0) is 85.7 Å². The Morgan fingerprint density at radius 1 is 0.545 bits per heavy atom. The number of anilines is 1. The molecular weight excluding hydrogens is 665 g/mol. The average Bonchev–Trinajstić information content (AvgIpc) is 3.46. The zero-order chi connectivity index (χ0) is 38.4. The Bertz CT molecular complexity index is 2430. The van der Waals surface area contributed by atoms with Crippen LogP contribution in [0.2, 0.25) is 0 Å². The van der Waals surface area contributed by atoms with Gasteiger partial charge in [-0.25, -0.2) is 0 Å². The third-order valence-electron chi connectivity index (χ3n) is 10.9. The lowest BCUT2D eigenvalue weighted by molar-refractivity contribution is 0.660. The Kier molecular flexibility index (Phi) is 11.0. The molecule has 0 radical (unpaired) electrons. The number of nitrogens with two attached hydrogens (primary N) is 2. The van der Waals surface area contributed by atoms with E-state index < -0.39 is 0 Å². The maximum atomic E-state index is 6.70. The standard InChI is InChI=1S/C45H41N.C8H9N/c1-4-11-32(33-24-26-36(27-25-33)39-16-10-15-38(44(39)46)35-12-6-5-7-13-35)21-18-31-19-22-34(23-20-31)37-28-29-41-40-14-8-9-17-42(40)45(2,3)43(41)30-37;1-7(9)8-5-3-2-4-6-8/h5-10,12-17,19-30H,4,11,18,46H2,1-3H3;2-6H,1,9H2/b32-21+;. The Morgan fingerprint density at radius 2 is 1.09 bits per heavy atom. The monoisotopic (exact) mass is 714 g/mol. The van der Waals surface area contributed by atoms with Crippen molar-refractivity contribution in [1.29, 1.82) is 0 Å². The molecule has 272 valence electrons. The second-order valence-electron chi connectivity index (χ2n) is 14.9. The van der Waals surface area contributed by atoms with E-state index in [0.29, 0.717) is 5.70 Å². The maximum absolute atomic E-state index is 6.70. The van der Waals surface area contributed by atoms with E-state index in [1.165, 1.54) is 50.1 Å². The van der Waals surface area contributed by atoms with E-state index in [1.807, 2.05) is 36.4 Å². The first-order valence-corrected chi connectivity index (χ1v) is 19.3. The van der Waals surface area contributed by atoms with Crippen molar-refractivity contribution in [3.8, 4) is 44.5 Å². The molecular formula is C53H50N2. The molecule has 8 rings (SSSR count). The fourth-order valence-electron chi connectivity index (χ4n) is 7.79. The highest BCUT2D eigenvalue weighted by molar-refractivity contribution is 5.89. The molecule has 0 fully saturated rings. The van der Waals surface area contributed by atoms with Crippen molar-refractivity contribution in [3.05, 3.63) is 210 Å². The lowest BCUT2D eigenvalue weighted by Gasteiger charge is -2.22. The SMILES string of the molecule is C=C(N)c1ccccc1.CCC/C(=C\Cc1ccc(-c2ccc3c(c2)C(C)(C)c2ccccc2-3)cc1)c1ccc(-c2cccc(-c3ccccc3)c2N)cc1. The molecule has 0 spiro atoms. The van der Waals surface area contributed by atoms with Gasteiger partial charge in [0.25, 0.3) is 0 Å². The third kappa shape index (κ3) is 7.95. The maximum Gasteiger partial charge on any atom is 0.0473 e. The van der Waals surface area contributed by atoms with Gasteiger partial charge in [-0.2, -0.15) is 0 Å². The van der Waals surface area contributed by atoms with Crippen molar-refractivity contribution in [1.82, 2.24) is 0 Å². The van der Waals surface area contributed by atoms with Crippen LogP contribution < -0.4 is 11.5 Å². The fourth-order valence-corrected chi connectivity index (χ4v) is 7.79. The largest absolute Gasteiger partial charge is 0.399 e. The summed E-state index contributed by atoms with van der Waals surface area (Å²) in [6.07, 6.45) is 5.48. The summed E-state index contributed by atoms with van der Waals surface area (Å²) in [7, 11) is 0. The molecule has 0 bridgehead atoms. The van der Waals surface area contributed by atoms with Crippen molar-refractivity contribution in [3.63, 3.8) is 0 Å². The molecule has 1 aliphatic rings. The summed E-state index contributed by atoms with van der Waals surface area (Å²) in [6.45, 7) is 10.5. The first kappa shape index (κ1) is 37.0. The van der Waals surface area contributed by atoms with Crippen molar-refractivity contribution in [2.75, 3.05) is 5.73 Å². The van der Waals surface area contributed by atoms with E-state index in [1.54, 1.807) is 0 Å². The van der Waals surface area contributed by atoms with Crippen LogP contribution in [0.15, 0.2) is 183 Å². The molecule has 2 nitrogen and oxygen atoms in total. The summed E-state index contributed by atoms with van der Waals surface area (Å²) in [4.78, 5) is 0. The number of nitrogen functional groups attached to an aromatic ring is 1. The van der Waals surface area contributed by atoms with Crippen LogP contribution in [0.5, 0.6) is 0 Å². The minimum atomic E-state index is 0.0133. The summed E-state index contributed by atoms with van der Waals surface area (Å²) in [5.41, 5.74) is 31.1. The van der Waals surface area contributed by atoms with Gasteiger partial charge in [-0.3, -0.25) is 0 Å². The number of para-hydroxylation sites is 1. The van der Waals surface area contributed by atoms with Gasteiger partial charge in [0.1, 0.15) is 0 Å². The third-order valence-corrected chi connectivity index (χ3v) is 10.9. The molecule has 7 aromatic carbocycles. The van der Waals surface area contributed by atoms with Crippen LogP contribution in [-0.4, -0.2) is 0 Å². The molecule has 2 heteroatoms. The summed E-state index contributed by atoms with van der Waals surface area (Å²) >= 11 is 0. The van der Waals surface area contributed by atoms with E-state index in [-0.39, 0.29) is 5.41 Å². The minimum Gasteiger partial charge on any atom is -0.399 e. The van der Waals surface area contributed by atoms with Gasteiger partial charge in [0, 0.05) is 27.9 Å². The summed E-state index contributed by atoms with van der Waals surface area (Å²) in [5.74, 6) is 0. The van der Waals surface area contributed by atoms with Gasteiger partial charge >= 0.3 is 0 Å². The molecule has 0 aromatic heterocycles. The Labute approximate surface area is 327 Å². The fraction of sp³-hybridized carbons (Fsp3) is 0.132. The second kappa shape index (κ2) is 16.3. The van der Waals surface area contributed by atoms with Crippen LogP contribution >= 0.6 is 0 Å². The van der Waals surface area contributed by atoms with Crippen molar-refractivity contribution in [2.45, 2.75) is 45.4 Å². The first-order chi connectivity index (χ1) is 26.7. The molecule has 1 aliphatic carbocycles. The molecule has 0 saturated heterocycles. The summed E-state index contributed by atoms with van der Waals surface area (Å²) in [5, 5.41) is 0. The Balaban J connectivity index is 0.000000455. The van der Waals surface area contributed by atoms with Gasteiger partial charge in [0.2, 0.25) is 0 Å². The number of allylic oxidation sites excluding steroid dienone is 2. The number of hydrogen-bond donors (Lipinski definition) is 2. The van der Waals surface area contributed by atoms with Crippen LogP contribution in [-0.2, 0) is 11.8 Å². The predicted molar refractivity (Wildman–Crippen MR) is 237 cm³/mol.